The summed E-state index contributed by atoms with van der Waals surface area (Å²) in [6, 6.07) is 20.9. The highest BCUT2D eigenvalue weighted by Gasteiger charge is 2.27. The van der Waals surface area contributed by atoms with Crippen LogP contribution in [0.1, 0.15) is 90.1 Å². The number of amides is 1. The Morgan fingerprint density at radius 1 is 0.863 bits per heavy atom. The van der Waals surface area contributed by atoms with Crippen molar-refractivity contribution in [2.75, 3.05) is 25.6 Å². The third-order valence-electron chi connectivity index (χ3n) is 8.70. The van der Waals surface area contributed by atoms with Crippen molar-refractivity contribution < 1.29 is 37.1 Å². The van der Waals surface area contributed by atoms with Gasteiger partial charge in [0.05, 0.1) is 29.7 Å². The number of aryl methyl sites for hydroxylation is 3. The number of carbonyl (C=O) groups excluding carboxylic acids is 4. The normalized spacial score (nSPS) is 12.5. The van der Waals surface area contributed by atoms with Crippen LogP contribution in [-0.4, -0.2) is 52.3 Å². The first-order chi connectivity index (χ1) is 24.6. The summed E-state index contributed by atoms with van der Waals surface area (Å²) in [5, 5.41) is 3.03. The molecule has 12 heteroatoms. The number of benzene rings is 3. The van der Waals surface area contributed by atoms with Gasteiger partial charge < -0.3 is 14.8 Å². The molecular formula is C39H42N2O8S2. The molecule has 1 aromatic heterocycles. The molecule has 0 atom stereocenters. The monoisotopic (exact) mass is 730 g/mol. The van der Waals surface area contributed by atoms with Crippen LogP contribution >= 0.6 is 11.3 Å². The SMILES string of the molecule is CCOC(=O)CCCNS(=O)(=O)c1cccc(C(=O)Cc2sc3c(c2C(=O)Nc2ccc(CCc4ccc(C(=O)OC)cc4)cc2)CCCC3)c1. The number of carbonyl (C=O) groups is 4. The third-order valence-corrected chi connectivity index (χ3v) is 11.5. The smallest absolute Gasteiger partial charge is 0.337 e. The number of hydrogen-bond acceptors (Lipinski definition) is 9. The molecule has 1 aliphatic carbocycles. The molecule has 4 aromatic rings. The molecule has 0 spiro atoms. The number of hydrogen-bond donors (Lipinski definition) is 2. The minimum absolute atomic E-state index is 0.0313. The van der Waals surface area contributed by atoms with Crippen molar-refractivity contribution in [1.29, 1.82) is 0 Å². The Morgan fingerprint density at radius 3 is 2.24 bits per heavy atom. The summed E-state index contributed by atoms with van der Waals surface area (Å²) in [6.07, 6.45) is 5.51. The number of nitrogens with one attached hydrogen (secondary N) is 2. The molecule has 0 saturated heterocycles. The lowest BCUT2D eigenvalue weighted by Crippen LogP contribution is -2.25. The molecule has 0 radical (unpaired) electrons. The maximum Gasteiger partial charge on any atom is 0.337 e. The van der Waals surface area contributed by atoms with Crippen LogP contribution in [0.3, 0.4) is 0 Å². The average molecular weight is 731 g/mol. The molecule has 5 rings (SSSR count). The van der Waals surface area contributed by atoms with Gasteiger partial charge in [-0.25, -0.2) is 17.9 Å². The molecule has 268 valence electrons. The number of sulfonamides is 1. The van der Waals surface area contributed by atoms with Gasteiger partial charge in [0.15, 0.2) is 5.78 Å². The largest absolute Gasteiger partial charge is 0.466 e. The molecule has 1 amide bonds. The van der Waals surface area contributed by atoms with Crippen LogP contribution in [-0.2, 0) is 56.4 Å². The molecule has 10 nitrogen and oxygen atoms in total. The van der Waals surface area contributed by atoms with E-state index in [0.29, 0.717) is 21.7 Å². The van der Waals surface area contributed by atoms with Gasteiger partial charge in [0.25, 0.3) is 5.91 Å². The molecule has 3 aromatic carbocycles. The van der Waals surface area contributed by atoms with Crippen molar-refractivity contribution in [3.8, 4) is 0 Å². The highest BCUT2D eigenvalue weighted by atomic mass is 32.2. The van der Waals surface area contributed by atoms with Crippen molar-refractivity contribution >= 4 is 50.7 Å². The van der Waals surface area contributed by atoms with Crippen LogP contribution in [0, 0.1) is 0 Å². The van der Waals surface area contributed by atoms with Crippen LogP contribution in [0.25, 0.3) is 0 Å². The summed E-state index contributed by atoms with van der Waals surface area (Å²) in [6.45, 7) is 2.02. The van der Waals surface area contributed by atoms with E-state index in [9.17, 15) is 27.6 Å². The van der Waals surface area contributed by atoms with Crippen LogP contribution in [0.5, 0.6) is 0 Å². The van der Waals surface area contributed by atoms with Crippen molar-refractivity contribution in [1.82, 2.24) is 4.72 Å². The molecule has 0 bridgehead atoms. The molecule has 1 heterocycles. The predicted molar refractivity (Wildman–Crippen MR) is 196 cm³/mol. The Hall–Kier alpha value is -4.65. The Kier molecular flexibility index (Phi) is 12.9. The molecule has 51 heavy (non-hydrogen) atoms. The zero-order valence-electron chi connectivity index (χ0n) is 28.8. The molecule has 0 fully saturated rings. The number of thiophene rings is 1. The summed E-state index contributed by atoms with van der Waals surface area (Å²) in [7, 11) is -2.56. The Labute approximate surface area is 302 Å². The van der Waals surface area contributed by atoms with Gasteiger partial charge in [-0.05, 0) is 105 Å². The fourth-order valence-electron chi connectivity index (χ4n) is 6.01. The molecule has 1 aliphatic rings. The van der Waals surface area contributed by atoms with E-state index < -0.39 is 10.0 Å². The Morgan fingerprint density at radius 2 is 1.55 bits per heavy atom. The quantitative estimate of drug-likeness (QED) is 0.0756. The Balaban J connectivity index is 1.24. The zero-order chi connectivity index (χ0) is 36.4. The van der Waals surface area contributed by atoms with Crippen LogP contribution < -0.4 is 10.0 Å². The van der Waals surface area contributed by atoms with E-state index >= 15 is 0 Å². The van der Waals surface area contributed by atoms with Gasteiger partial charge in [-0.1, -0.05) is 36.4 Å². The second-order valence-electron chi connectivity index (χ2n) is 12.3. The second kappa shape index (κ2) is 17.5. The number of fused-ring (bicyclic) bond motifs is 1. The molecule has 0 aliphatic heterocycles. The van der Waals surface area contributed by atoms with Crippen molar-refractivity contribution in [3.63, 3.8) is 0 Å². The van der Waals surface area contributed by atoms with E-state index in [1.54, 1.807) is 25.1 Å². The lowest BCUT2D eigenvalue weighted by molar-refractivity contribution is -0.143. The first-order valence-corrected chi connectivity index (χ1v) is 19.4. The summed E-state index contributed by atoms with van der Waals surface area (Å²) in [5.41, 5.74) is 5.11. The number of anilines is 1. The van der Waals surface area contributed by atoms with E-state index in [4.69, 9.17) is 9.47 Å². The first-order valence-electron chi connectivity index (χ1n) is 17.1. The average Bonchev–Trinajstić information content (AvgIpc) is 3.51. The van der Waals surface area contributed by atoms with Crippen molar-refractivity contribution in [2.45, 2.75) is 69.6 Å². The number of rotatable bonds is 16. The number of esters is 2. The molecule has 2 N–H and O–H groups in total. The minimum atomic E-state index is -3.92. The highest BCUT2D eigenvalue weighted by Crippen LogP contribution is 2.36. The van der Waals surface area contributed by atoms with Crippen molar-refractivity contribution in [2.24, 2.45) is 0 Å². The standard InChI is InChI=1S/C39H42N2O8S2/c1-3-49-36(43)12-7-23-40-51(46,47)31-9-6-8-29(24-31)33(42)25-35-37(32-10-4-5-11-34(32)50-35)38(44)41-30-21-17-27(18-22-30)14-13-26-15-19-28(20-16-26)39(45)48-2/h6,8-9,15-22,24,40H,3-5,7,10-14,23,25H2,1-2H3,(H,41,44). The van der Waals surface area contributed by atoms with E-state index in [1.165, 1.54) is 36.6 Å². The number of ketones is 1. The van der Waals surface area contributed by atoms with Gasteiger partial charge >= 0.3 is 11.9 Å². The highest BCUT2D eigenvalue weighted by molar-refractivity contribution is 7.89. The lowest BCUT2D eigenvalue weighted by atomic mass is 9.93. The predicted octanol–water partition coefficient (Wildman–Crippen LogP) is 6.50. The topological polar surface area (TPSA) is 145 Å². The van der Waals surface area contributed by atoms with Gasteiger partial charge in [-0.2, -0.15) is 0 Å². The van der Waals surface area contributed by atoms with Crippen LogP contribution in [0.4, 0.5) is 5.69 Å². The number of ether oxygens (including phenoxy) is 2. The van der Waals surface area contributed by atoms with Crippen molar-refractivity contribution in [3.05, 3.63) is 116 Å². The molecule has 0 unspecified atom stereocenters. The molecular weight excluding hydrogens is 689 g/mol. The van der Waals surface area contributed by atoms with Gasteiger partial charge in [-0.15, -0.1) is 11.3 Å². The summed E-state index contributed by atoms with van der Waals surface area (Å²) in [5.74, 6) is -1.31. The fourth-order valence-corrected chi connectivity index (χ4v) is 8.53. The van der Waals surface area contributed by atoms with Gasteiger partial charge in [0, 0.05) is 40.4 Å². The van der Waals surface area contributed by atoms with Gasteiger partial charge in [0.1, 0.15) is 0 Å². The van der Waals surface area contributed by atoms with Gasteiger partial charge in [-0.3, -0.25) is 14.4 Å². The third kappa shape index (κ3) is 9.99. The van der Waals surface area contributed by atoms with Gasteiger partial charge in [0.2, 0.25) is 10.0 Å². The lowest BCUT2D eigenvalue weighted by Gasteiger charge is -2.14. The Bertz CT molecular complexity index is 1980. The number of methoxy groups -OCH3 is 1. The maximum absolute atomic E-state index is 13.8. The summed E-state index contributed by atoms with van der Waals surface area (Å²) < 4.78 is 38.0. The summed E-state index contributed by atoms with van der Waals surface area (Å²) >= 11 is 1.49. The van der Waals surface area contributed by atoms with E-state index in [0.717, 1.165) is 60.1 Å². The van der Waals surface area contributed by atoms with E-state index in [-0.39, 0.29) is 66.5 Å². The van der Waals surface area contributed by atoms with Crippen LogP contribution in [0.15, 0.2) is 77.7 Å². The fraction of sp³-hybridized carbons (Fsp3) is 0.333. The second-order valence-corrected chi connectivity index (χ2v) is 15.2. The zero-order valence-corrected chi connectivity index (χ0v) is 30.4. The minimum Gasteiger partial charge on any atom is -0.466 e. The van der Waals surface area contributed by atoms with Crippen LogP contribution in [0.2, 0.25) is 0 Å². The van der Waals surface area contributed by atoms with E-state index in [2.05, 4.69) is 10.0 Å². The molecule has 0 saturated carbocycles. The first kappa shape index (κ1) is 37.6. The summed E-state index contributed by atoms with van der Waals surface area (Å²) in [4.78, 5) is 52.4. The maximum atomic E-state index is 13.8. The van der Waals surface area contributed by atoms with E-state index in [1.807, 2.05) is 36.4 Å². The number of Topliss-reactive ketones (excluding diaryl/α,β-unsaturated/α-hetero) is 1.